The molecule has 4 heteroatoms. The highest BCUT2D eigenvalue weighted by Gasteiger charge is 2.21. The lowest BCUT2D eigenvalue weighted by atomic mass is 9.95. The number of nitrogens with zero attached hydrogens (tertiary/aromatic N) is 2. The van der Waals surface area contributed by atoms with E-state index in [4.69, 9.17) is 0 Å². The fourth-order valence-electron chi connectivity index (χ4n) is 1.85. The van der Waals surface area contributed by atoms with Crippen LogP contribution in [0.2, 0.25) is 0 Å². The summed E-state index contributed by atoms with van der Waals surface area (Å²) in [5.41, 5.74) is 0.643. The molecular weight excluding hydrogens is 169 g/mol. The first-order chi connectivity index (χ1) is 6.27. The Labute approximate surface area is 76.9 Å². The quantitative estimate of drug-likeness (QED) is 0.704. The van der Waals surface area contributed by atoms with Gasteiger partial charge in [0.05, 0.1) is 6.20 Å². The minimum absolute atomic E-state index is 0.158. The minimum atomic E-state index is -0.158. The normalized spacial score (nSPS) is 19.2. The number of halogens is 1. The van der Waals surface area contributed by atoms with Gasteiger partial charge < -0.3 is 5.32 Å². The summed E-state index contributed by atoms with van der Waals surface area (Å²) >= 11 is 0. The van der Waals surface area contributed by atoms with E-state index in [1.54, 1.807) is 11.7 Å². The van der Waals surface area contributed by atoms with Gasteiger partial charge in [0.1, 0.15) is 5.69 Å². The monoisotopic (exact) mass is 183 g/mol. The molecule has 0 spiro atoms. The topological polar surface area (TPSA) is 29.9 Å². The third-order valence-corrected chi connectivity index (χ3v) is 2.54. The van der Waals surface area contributed by atoms with E-state index < -0.39 is 0 Å². The molecule has 0 saturated carbocycles. The van der Waals surface area contributed by atoms with Crippen LogP contribution in [-0.4, -0.2) is 22.9 Å². The molecule has 0 amide bonds. The number of aryl methyl sites for hydroxylation is 1. The molecule has 72 valence electrons. The highest BCUT2D eigenvalue weighted by Crippen LogP contribution is 2.25. The molecule has 0 aliphatic carbocycles. The molecule has 1 N–H and O–H groups in total. The predicted molar refractivity (Wildman–Crippen MR) is 48.0 cm³/mol. The van der Waals surface area contributed by atoms with Crippen LogP contribution in [0.4, 0.5) is 4.39 Å². The maximum Gasteiger partial charge on any atom is 0.164 e. The second-order valence-electron chi connectivity index (χ2n) is 3.56. The lowest BCUT2D eigenvalue weighted by molar-refractivity contribution is 0.436. The maximum absolute atomic E-state index is 13.3. The molecular formula is C9H14FN3. The molecule has 1 aromatic rings. The molecule has 1 aliphatic heterocycles. The lowest BCUT2D eigenvalue weighted by Crippen LogP contribution is -2.27. The number of nitrogens with one attached hydrogen (secondary N) is 1. The van der Waals surface area contributed by atoms with E-state index in [0.29, 0.717) is 11.6 Å². The van der Waals surface area contributed by atoms with Gasteiger partial charge in [0.2, 0.25) is 0 Å². The van der Waals surface area contributed by atoms with Crippen molar-refractivity contribution in [1.29, 1.82) is 0 Å². The Balaban J connectivity index is 2.18. The van der Waals surface area contributed by atoms with Crippen LogP contribution in [0, 0.1) is 5.82 Å². The molecule has 1 fully saturated rings. The molecule has 1 aliphatic rings. The Morgan fingerprint density at radius 1 is 1.54 bits per heavy atom. The van der Waals surface area contributed by atoms with Crippen molar-refractivity contribution in [2.75, 3.05) is 13.1 Å². The number of piperidine rings is 1. The van der Waals surface area contributed by atoms with E-state index in [-0.39, 0.29) is 5.82 Å². The van der Waals surface area contributed by atoms with E-state index >= 15 is 0 Å². The molecule has 1 saturated heterocycles. The Kier molecular flexibility index (Phi) is 2.31. The summed E-state index contributed by atoms with van der Waals surface area (Å²) in [4.78, 5) is 0. The van der Waals surface area contributed by atoms with Crippen LogP contribution in [0.15, 0.2) is 6.20 Å². The minimum Gasteiger partial charge on any atom is -0.317 e. The highest BCUT2D eigenvalue weighted by atomic mass is 19.1. The fraction of sp³-hybridized carbons (Fsp3) is 0.667. The Bertz CT molecular complexity index is 289. The van der Waals surface area contributed by atoms with E-state index in [2.05, 4.69) is 10.4 Å². The first-order valence-electron chi connectivity index (χ1n) is 4.67. The van der Waals surface area contributed by atoms with Gasteiger partial charge in [0, 0.05) is 13.0 Å². The number of hydrogen-bond donors (Lipinski definition) is 1. The fourth-order valence-corrected chi connectivity index (χ4v) is 1.85. The molecule has 3 nitrogen and oxygen atoms in total. The van der Waals surface area contributed by atoms with Crippen LogP contribution in [0.5, 0.6) is 0 Å². The van der Waals surface area contributed by atoms with Crippen molar-refractivity contribution in [2.24, 2.45) is 7.05 Å². The lowest BCUT2D eigenvalue weighted by Gasteiger charge is -2.20. The van der Waals surface area contributed by atoms with Crippen molar-refractivity contribution in [1.82, 2.24) is 15.1 Å². The SMILES string of the molecule is Cn1cc(F)c(C2CCNCC2)n1. The molecule has 13 heavy (non-hydrogen) atoms. The summed E-state index contributed by atoms with van der Waals surface area (Å²) in [5.74, 6) is 0.150. The van der Waals surface area contributed by atoms with Crippen molar-refractivity contribution in [2.45, 2.75) is 18.8 Å². The van der Waals surface area contributed by atoms with Crippen molar-refractivity contribution in [3.8, 4) is 0 Å². The van der Waals surface area contributed by atoms with Crippen LogP contribution in [0.3, 0.4) is 0 Å². The van der Waals surface area contributed by atoms with E-state index in [9.17, 15) is 4.39 Å². The van der Waals surface area contributed by atoms with Gasteiger partial charge in [-0.15, -0.1) is 0 Å². The molecule has 0 aromatic carbocycles. The smallest absolute Gasteiger partial charge is 0.164 e. The third-order valence-electron chi connectivity index (χ3n) is 2.54. The summed E-state index contributed by atoms with van der Waals surface area (Å²) < 4.78 is 14.8. The second kappa shape index (κ2) is 3.46. The predicted octanol–water partition coefficient (Wildman–Crippen LogP) is 1.03. The average molecular weight is 183 g/mol. The first-order valence-corrected chi connectivity index (χ1v) is 4.67. The van der Waals surface area contributed by atoms with Gasteiger partial charge >= 0.3 is 0 Å². The summed E-state index contributed by atoms with van der Waals surface area (Å²) in [6.07, 6.45) is 3.43. The zero-order chi connectivity index (χ0) is 9.26. The molecule has 0 atom stereocenters. The van der Waals surface area contributed by atoms with Gasteiger partial charge in [0.15, 0.2) is 5.82 Å². The van der Waals surface area contributed by atoms with Crippen LogP contribution in [-0.2, 0) is 7.05 Å². The Morgan fingerprint density at radius 2 is 2.23 bits per heavy atom. The van der Waals surface area contributed by atoms with E-state index in [0.717, 1.165) is 25.9 Å². The Morgan fingerprint density at radius 3 is 2.77 bits per heavy atom. The van der Waals surface area contributed by atoms with Gasteiger partial charge in [-0.1, -0.05) is 0 Å². The largest absolute Gasteiger partial charge is 0.317 e. The first kappa shape index (κ1) is 8.69. The summed E-state index contributed by atoms with van der Waals surface area (Å²) in [7, 11) is 1.76. The van der Waals surface area contributed by atoms with Gasteiger partial charge in [-0.25, -0.2) is 4.39 Å². The number of hydrogen-bond acceptors (Lipinski definition) is 2. The zero-order valence-electron chi connectivity index (χ0n) is 7.76. The van der Waals surface area contributed by atoms with Crippen molar-refractivity contribution in [3.63, 3.8) is 0 Å². The molecule has 2 heterocycles. The van der Waals surface area contributed by atoms with Crippen LogP contribution in [0.25, 0.3) is 0 Å². The van der Waals surface area contributed by atoms with Gasteiger partial charge in [-0.3, -0.25) is 4.68 Å². The highest BCUT2D eigenvalue weighted by molar-refractivity contribution is 5.10. The van der Waals surface area contributed by atoms with Crippen molar-refractivity contribution < 1.29 is 4.39 Å². The van der Waals surface area contributed by atoms with Crippen molar-refractivity contribution >= 4 is 0 Å². The third kappa shape index (κ3) is 1.72. The van der Waals surface area contributed by atoms with Crippen molar-refractivity contribution in [3.05, 3.63) is 17.7 Å². The van der Waals surface area contributed by atoms with Crippen LogP contribution < -0.4 is 5.32 Å². The van der Waals surface area contributed by atoms with E-state index in [1.807, 2.05) is 0 Å². The summed E-state index contributed by atoms with van der Waals surface area (Å²) in [6, 6.07) is 0. The van der Waals surface area contributed by atoms with Gasteiger partial charge in [-0.2, -0.15) is 5.10 Å². The van der Waals surface area contributed by atoms with Crippen LogP contribution >= 0.6 is 0 Å². The Hall–Kier alpha value is -0.900. The average Bonchev–Trinajstić information content (AvgIpc) is 2.47. The molecule has 0 unspecified atom stereocenters. The maximum atomic E-state index is 13.3. The zero-order valence-corrected chi connectivity index (χ0v) is 7.76. The van der Waals surface area contributed by atoms with Gasteiger partial charge in [-0.05, 0) is 25.9 Å². The number of rotatable bonds is 1. The summed E-state index contributed by atoms with van der Waals surface area (Å²) in [5, 5.41) is 7.40. The van der Waals surface area contributed by atoms with Crippen LogP contribution in [0.1, 0.15) is 24.5 Å². The molecule has 0 radical (unpaired) electrons. The molecule has 1 aromatic heterocycles. The van der Waals surface area contributed by atoms with Gasteiger partial charge in [0.25, 0.3) is 0 Å². The summed E-state index contributed by atoms with van der Waals surface area (Å²) in [6.45, 7) is 1.95. The van der Waals surface area contributed by atoms with E-state index in [1.165, 1.54) is 6.20 Å². The molecule has 0 bridgehead atoms. The number of aromatic nitrogens is 2. The standard InChI is InChI=1S/C9H14FN3/c1-13-6-8(10)9(12-13)7-2-4-11-5-3-7/h6-7,11H,2-5H2,1H3. The second-order valence-corrected chi connectivity index (χ2v) is 3.56. The molecule has 2 rings (SSSR count).